The fourth-order valence-electron chi connectivity index (χ4n) is 3.21. The number of hydrogen-bond donors (Lipinski definition) is 0. The van der Waals surface area contributed by atoms with Crippen molar-refractivity contribution >= 4 is 5.97 Å². The van der Waals surface area contributed by atoms with E-state index in [-0.39, 0.29) is 11.6 Å². The molecule has 0 amide bonds. The summed E-state index contributed by atoms with van der Waals surface area (Å²) in [5.74, 6) is -0.0436. The van der Waals surface area contributed by atoms with Crippen molar-refractivity contribution in [1.29, 1.82) is 0 Å². The van der Waals surface area contributed by atoms with E-state index in [9.17, 15) is 4.79 Å². The quantitative estimate of drug-likeness (QED) is 0.195. The van der Waals surface area contributed by atoms with Gasteiger partial charge in [-0.15, -0.1) is 0 Å². The number of rotatable bonds is 17. The Morgan fingerprint density at radius 3 is 1.24 bits per heavy atom. The van der Waals surface area contributed by atoms with Crippen molar-refractivity contribution in [2.24, 2.45) is 0 Å². The Bertz CT molecular complexity index is 291. The van der Waals surface area contributed by atoms with Crippen molar-refractivity contribution in [1.82, 2.24) is 0 Å². The van der Waals surface area contributed by atoms with E-state index in [0.29, 0.717) is 6.42 Å². The highest BCUT2D eigenvalue weighted by molar-refractivity contribution is 5.69. The lowest BCUT2D eigenvalue weighted by atomic mass is 10.0. The fraction of sp³-hybridized carbons (Fsp3) is 0.957. The van der Waals surface area contributed by atoms with Crippen LogP contribution in [0.2, 0.25) is 0 Å². The van der Waals surface area contributed by atoms with Crippen LogP contribution in [0.4, 0.5) is 0 Å². The van der Waals surface area contributed by atoms with E-state index in [4.69, 9.17) is 4.74 Å². The first-order valence-electron chi connectivity index (χ1n) is 11.2. The summed E-state index contributed by atoms with van der Waals surface area (Å²) in [6.07, 6.45) is 22.3. The number of esters is 1. The molecule has 25 heavy (non-hydrogen) atoms. The second kappa shape index (κ2) is 16.9. The first kappa shape index (κ1) is 24.5. The Kier molecular flexibility index (Phi) is 16.6. The number of hydrogen-bond acceptors (Lipinski definition) is 2. The molecule has 0 bridgehead atoms. The zero-order valence-electron chi connectivity index (χ0n) is 17.8. The van der Waals surface area contributed by atoms with Gasteiger partial charge in [-0.3, -0.25) is 4.79 Å². The molecule has 0 aliphatic rings. The highest BCUT2D eigenvalue weighted by atomic mass is 16.6. The van der Waals surface area contributed by atoms with Crippen LogP contribution in [-0.4, -0.2) is 11.6 Å². The number of ether oxygens (including phenoxy) is 1. The molecule has 0 unspecified atom stereocenters. The summed E-state index contributed by atoms with van der Waals surface area (Å²) in [5, 5.41) is 0. The summed E-state index contributed by atoms with van der Waals surface area (Å²) in [4.78, 5) is 11.6. The molecule has 0 rings (SSSR count). The third-order valence-electron chi connectivity index (χ3n) is 4.65. The van der Waals surface area contributed by atoms with E-state index in [1.165, 1.54) is 89.9 Å². The molecule has 0 atom stereocenters. The number of carbonyl (C=O) groups is 1. The van der Waals surface area contributed by atoms with Crippen LogP contribution in [-0.2, 0) is 9.53 Å². The Hall–Kier alpha value is -0.530. The standard InChI is InChI=1S/C23H46O2/c1-5-6-7-8-9-10-11-12-13-14-15-16-17-18-19-20-21-22(24)25-23(2,3)4/h5-21H2,1-4H3. The summed E-state index contributed by atoms with van der Waals surface area (Å²) in [6.45, 7) is 8.07. The first-order chi connectivity index (χ1) is 12.0. The van der Waals surface area contributed by atoms with Crippen molar-refractivity contribution in [3.8, 4) is 0 Å². The predicted octanol–water partition coefficient (Wildman–Crippen LogP) is 7.98. The highest BCUT2D eigenvalue weighted by Gasteiger charge is 2.15. The second-order valence-electron chi connectivity index (χ2n) is 8.64. The zero-order valence-corrected chi connectivity index (χ0v) is 17.8. The minimum absolute atomic E-state index is 0.0436. The van der Waals surface area contributed by atoms with Gasteiger partial charge >= 0.3 is 5.97 Å². The van der Waals surface area contributed by atoms with Crippen LogP contribution in [0.1, 0.15) is 137 Å². The molecule has 0 aliphatic carbocycles. The molecule has 0 fully saturated rings. The van der Waals surface area contributed by atoms with Crippen LogP contribution in [0, 0.1) is 0 Å². The Morgan fingerprint density at radius 1 is 0.600 bits per heavy atom. The lowest BCUT2D eigenvalue weighted by molar-refractivity contribution is -0.154. The summed E-state index contributed by atoms with van der Waals surface area (Å²) in [5.41, 5.74) is -0.341. The van der Waals surface area contributed by atoms with Gasteiger partial charge in [0.2, 0.25) is 0 Å². The first-order valence-corrected chi connectivity index (χ1v) is 11.2. The van der Waals surface area contributed by atoms with Gasteiger partial charge in [-0.1, -0.05) is 103 Å². The fourth-order valence-corrected chi connectivity index (χ4v) is 3.21. The van der Waals surface area contributed by atoms with Crippen molar-refractivity contribution in [2.45, 2.75) is 142 Å². The van der Waals surface area contributed by atoms with E-state index in [2.05, 4.69) is 6.92 Å². The van der Waals surface area contributed by atoms with Crippen molar-refractivity contribution in [3.05, 3.63) is 0 Å². The molecule has 150 valence electrons. The third-order valence-corrected chi connectivity index (χ3v) is 4.65. The van der Waals surface area contributed by atoms with Gasteiger partial charge in [0, 0.05) is 6.42 Å². The van der Waals surface area contributed by atoms with E-state index in [0.717, 1.165) is 12.8 Å². The molecule has 2 nitrogen and oxygen atoms in total. The van der Waals surface area contributed by atoms with Gasteiger partial charge in [0.15, 0.2) is 0 Å². The molecule has 0 aromatic carbocycles. The van der Waals surface area contributed by atoms with Gasteiger partial charge < -0.3 is 4.74 Å². The van der Waals surface area contributed by atoms with Gasteiger partial charge in [0.25, 0.3) is 0 Å². The maximum Gasteiger partial charge on any atom is 0.306 e. The van der Waals surface area contributed by atoms with E-state index < -0.39 is 0 Å². The molecule has 0 spiro atoms. The maximum atomic E-state index is 11.6. The van der Waals surface area contributed by atoms with Crippen LogP contribution in [0.3, 0.4) is 0 Å². The molecular formula is C23H46O2. The minimum Gasteiger partial charge on any atom is -0.460 e. The van der Waals surface area contributed by atoms with Gasteiger partial charge in [0.05, 0.1) is 0 Å². The van der Waals surface area contributed by atoms with Gasteiger partial charge in [-0.2, -0.15) is 0 Å². The summed E-state index contributed by atoms with van der Waals surface area (Å²) >= 11 is 0. The van der Waals surface area contributed by atoms with Crippen molar-refractivity contribution in [2.75, 3.05) is 0 Å². The van der Waals surface area contributed by atoms with E-state index in [1.807, 2.05) is 20.8 Å². The smallest absolute Gasteiger partial charge is 0.306 e. The summed E-state index contributed by atoms with van der Waals surface area (Å²) in [7, 11) is 0. The van der Waals surface area contributed by atoms with E-state index >= 15 is 0 Å². The van der Waals surface area contributed by atoms with Gasteiger partial charge in [0.1, 0.15) is 5.60 Å². The summed E-state index contributed by atoms with van der Waals surface area (Å²) < 4.78 is 5.32. The Morgan fingerprint density at radius 2 is 0.920 bits per heavy atom. The molecular weight excluding hydrogens is 308 g/mol. The van der Waals surface area contributed by atoms with Crippen LogP contribution < -0.4 is 0 Å². The third kappa shape index (κ3) is 21.4. The molecule has 0 heterocycles. The zero-order chi connectivity index (χ0) is 18.8. The van der Waals surface area contributed by atoms with E-state index in [1.54, 1.807) is 0 Å². The molecule has 0 aromatic rings. The van der Waals surface area contributed by atoms with Crippen molar-refractivity contribution in [3.63, 3.8) is 0 Å². The van der Waals surface area contributed by atoms with Gasteiger partial charge in [-0.05, 0) is 27.2 Å². The topological polar surface area (TPSA) is 26.3 Å². The van der Waals surface area contributed by atoms with Crippen molar-refractivity contribution < 1.29 is 9.53 Å². The van der Waals surface area contributed by atoms with Crippen LogP contribution >= 0.6 is 0 Å². The molecule has 0 aliphatic heterocycles. The Balaban J connectivity index is 3.13. The second-order valence-corrected chi connectivity index (χ2v) is 8.64. The summed E-state index contributed by atoms with van der Waals surface area (Å²) in [6, 6.07) is 0. The normalized spacial score (nSPS) is 11.7. The monoisotopic (exact) mass is 354 g/mol. The maximum absolute atomic E-state index is 11.6. The van der Waals surface area contributed by atoms with Crippen LogP contribution in [0.25, 0.3) is 0 Å². The minimum atomic E-state index is -0.341. The highest BCUT2D eigenvalue weighted by Crippen LogP contribution is 2.15. The Labute approximate surface area is 158 Å². The number of unbranched alkanes of at least 4 members (excludes halogenated alkanes) is 15. The average Bonchev–Trinajstić information content (AvgIpc) is 2.53. The van der Waals surface area contributed by atoms with Crippen LogP contribution in [0.15, 0.2) is 0 Å². The van der Waals surface area contributed by atoms with Gasteiger partial charge in [-0.25, -0.2) is 0 Å². The molecule has 0 saturated carbocycles. The largest absolute Gasteiger partial charge is 0.460 e. The predicted molar refractivity (Wildman–Crippen MR) is 110 cm³/mol. The SMILES string of the molecule is CCCCCCCCCCCCCCCCCCC(=O)OC(C)(C)C. The molecule has 0 saturated heterocycles. The van der Waals surface area contributed by atoms with Crippen LogP contribution in [0.5, 0.6) is 0 Å². The molecule has 0 aromatic heterocycles. The molecule has 2 heteroatoms. The lowest BCUT2D eigenvalue weighted by Gasteiger charge is -2.19. The average molecular weight is 355 g/mol. The molecule has 0 radical (unpaired) electrons. The lowest BCUT2D eigenvalue weighted by Crippen LogP contribution is -2.23. The number of carbonyl (C=O) groups excluding carboxylic acids is 1. The molecule has 0 N–H and O–H groups in total.